The highest BCUT2D eigenvalue weighted by atomic mass is 16.5. The summed E-state index contributed by atoms with van der Waals surface area (Å²) in [6.07, 6.45) is 5.50. The van der Waals surface area contributed by atoms with Crippen molar-refractivity contribution in [1.29, 1.82) is 0 Å². The van der Waals surface area contributed by atoms with E-state index in [0.717, 1.165) is 42.6 Å². The predicted molar refractivity (Wildman–Crippen MR) is 90.1 cm³/mol. The molecule has 2 aliphatic rings. The van der Waals surface area contributed by atoms with Gasteiger partial charge in [0.15, 0.2) is 11.5 Å². The molecule has 1 aliphatic heterocycles. The van der Waals surface area contributed by atoms with Gasteiger partial charge >= 0.3 is 0 Å². The predicted octanol–water partition coefficient (Wildman–Crippen LogP) is 2.34. The highest BCUT2D eigenvalue weighted by Gasteiger charge is 2.40. The zero-order chi connectivity index (χ0) is 16.7. The Labute approximate surface area is 142 Å². The average Bonchev–Trinajstić information content (AvgIpc) is 3.35. The van der Waals surface area contributed by atoms with Gasteiger partial charge in [0.25, 0.3) is 0 Å². The Kier molecular flexibility index (Phi) is 3.92. The Morgan fingerprint density at radius 1 is 1.17 bits per heavy atom. The molecule has 2 aromatic rings. The summed E-state index contributed by atoms with van der Waals surface area (Å²) in [5.41, 5.74) is 3.82. The van der Waals surface area contributed by atoms with Crippen LogP contribution in [-0.2, 0) is 20.0 Å². The van der Waals surface area contributed by atoms with E-state index in [9.17, 15) is 0 Å². The summed E-state index contributed by atoms with van der Waals surface area (Å²) in [4.78, 5) is 4.18. The van der Waals surface area contributed by atoms with Crippen molar-refractivity contribution in [3.05, 3.63) is 35.2 Å². The molecule has 0 saturated heterocycles. The van der Waals surface area contributed by atoms with Gasteiger partial charge < -0.3 is 9.47 Å². The highest BCUT2D eigenvalue weighted by molar-refractivity contribution is 5.50. The van der Waals surface area contributed by atoms with Crippen LogP contribution in [0.25, 0.3) is 0 Å². The summed E-state index contributed by atoms with van der Waals surface area (Å²) in [7, 11) is 5.27. The SMILES string of the molecule is COc1cc2c(cc1OC)C(C1CC1)N(Cc1cnn(C)n1)CC2. The number of nitrogens with zero attached hydrogens (tertiary/aromatic N) is 4. The molecule has 128 valence electrons. The minimum absolute atomic E-state index is 0.440. The standard InChI is InChI=1S/C18H24N4O2/c1-21-19-10-14(20-21)11-22-7-6-13-8-16(23-2)17(24-3)9-15(13)18(22)12-4-5-12/h8-10,12,18H,4-7,11H2,1-3H3. The van der Waals surface area contributed by atoms with Crippen molar-refractivity contribution in [2.45, 2.75) is 31.8 Å². The van der Waals surface area contributed by atoms with E-state index in [1.807, 2.05) is 13.2 Å². The van der Waals surface area contributed by atoms with E-state index < -0.39 is 0 Å². The third-order valence-corrected chi connectivity index (χ3v) is 5.11. The Balaban J connectivity index is 1.68. The van der Waals surface area contributed by atoms with Crippen LogP contribution in [0.4, 0.5) is 0 Å². The van der Waals surface area contributed by atoms with Crippen molar-refractivity contribution in [3.8, 4) is 11.5 Å². The number of benzene rings is 1. The van der Waals surface area contributed by atoms with Crippen molar-refractivity contribution in [1.82, 2.24) is 19.9 Å². The fraction of sp³-hybridized carbons (Fsp3) is 0.556. The maximum Gasteiger partial charge on any atom is 0.161 e. The minimum Gasteiger partial charge on any atom is -0.493 e. The molecule has 1 unspecified atom stereocenters. The number of hydrogen-bond acceptors (Lipinski definition) is 5. The van der Waals surface area contributed by atoms with Gasteiger partial charge in [0, 0.05) is 26.2 Å². The molecule has 1 atom stereocenters. The largest absolute Gasteiger partial charge is 0.493 e. The number of ether oxygens (including phenoxy) is 2. The van der Waals surface area contributed by atoms with Crippen molar-refractivity contribution in [2.75, 3.05) is 20.8 Å². The Bertz CT molecular complexity index is 739. The molecule has 0 bridgehead atoms. The van der Waals surface area contributed by atoms with Gasteiger partial charge in [-0.05, 0) is 48.4 Å². The van der Waals surface area contributed by atoms with Crippen molar-refractivity contribution in [2.24, 2.45) is 13.0 Å². The van der Waals surface area contributed by atoms with Crippen molar-refractivity contribution in [3.63, 3.8) is 0 Å². The van der Waals surface area contributed by atoms with Crippen LogP contribution in [0.2, 0.25) is 0 Å². The highest BCUT2D eigenvalue weighted by Crippen LogP contribution is 2.49. The van der Waals surface area contributed by atoms with Gasteiger partial charge in [-0.2, -0.15) is 15.0 Å². The molecule has 1 aromatic carbocycles. The molecule has 4 rings (SSSR count). The second kappa shape index (κ2) is 6.09. The van der Waals surface area contributed by atoms with Crippen LogP contribution >= 0.6 is 0 Å². The lowest BCUT2D eigenvalue weighted by Crippen LogP contribution is -2.36. The number of fused-ring (bicyclic) bond motifs is 1. The normalized spacial score (nSPS) is 20.7. The molecule has 24 heavy (non-hydrogen) atoms. The van der Waals surface area contributed by atoms with E-state index in [0.29, 0.717) is 6.04 Å². The molecule has 6 nitrogen and oxygen atoms in total. The zero-order valence-corrected chi connectivity index (χ0v) is 14.5. The van der Waals surface area contributed by atoms with Crippen LogP contribution in [-0.4, -0.2) is 40.7 Å². The van der Waals surface area contributed by atoms with Crippen LogP contribution < -0.4 is 9.47 Å². The molecular formula is C18H24N4O2. The number of methoxy groups -OCH3 is 2. The van der Waals surface area contributed by atoms with Gasteiger partial charge in [0.2, 0.25) is 0 Å². The van der Waals surface area contributed by atoms with E-state index in [-0.39, 0.29) is 0 Å². The lowest BCUT2D eigenvalue weighted by atomic mass is 9.89. The maximum atomic E-state index is 5.54. The quantitative estimate of drug-likeness (QED) is 0.843. The monoisotopic (exact) mass is 328 g/mol. The van der Waals surface area contributed by atoms with Crippen molar-refractivity contribution < 1.29 is 9.47 Å². The minimum atomic E-state index is 0.440. The van der Waals surface area contributed by atoms with Gasteiger partial charge in [0.1, 0.15) is 0 Å². The fourth-order valence-corrected chi connectivity index (χ4v) is 3.84. The smallest absolute Gasteiger partial charge is 0.161 e. The van der Waals surface area contributed by atoms with E-state index in [2.05, 4.69) is 27.2 Å². The molecule has 2 heterocycles. The molecule has 6 heteroatoms. The summed E-state index contributed by atoms with van der Waals surface area (Å²) in [6.45, 7) is 1.89. The average molecular weight is 328 g/mol. The van der Waals surface area contributed by atoms with E-state index in [1.165, 1.54) is 24.0 Å². The first kappa shape index (κ1) is 15.4. The molecule has 0 spiro atoms. The first-order chi connectivity index (χ1) is 11.7. The first-order valence-corrected chi connectivity index (χ1v) is 8.53. The Morgan fingerprint density at radius 2 is 1.92 bits per heavy atom. The molecule has 0 radical (unpaired) electrons. The molecular weight excluding hydrogens is 304 g/mol. The molecule has 0 N–H and O–H groups in total. The summed E-state index contributed by atoms with van der Waals surface area (Å²) in [5, 5.41) is 8.66. The number of hydrogen-bond donors (Lipinski definition) is 0. The number of aryl methyl sites for hydroxylation is 1. The summed E-state index contributed by atoms with van der Waals surface area (Å²) < 4.78 is 11.0. The Morgan fingerprint density at radius 3 is 2.54 bits per heavy atom. The van der Waals surface area contributed by atoms with Gasteiger partial charge in [0.05, 0.1) is 26.1 Å². The second-order valence-corrected chi connectivity index (χ2v) is 6.73. The van der Waals surface area contributed by atoms with E-state index in [1.54, 1.807) is 19.0 Å². The van der Waals surface area contributed by atoms with Gasteiger partial charge in [-0.25, -0.2) is 0 Å². The van der Waals surface area contributed by atoms with Gasteiger partial charge in [-0.1, -0.05) is 0 Å². The van der Waals surface area contributed by atoms with Crippen LogP contribution in [0, 0.1) is 5.92 Å². The maximum absolute atomic E-state index is 5.54. The van der Waals surface area contributed by atoms with Crippen LogP contribution in [0.1, 0.15) is 35.7 Å². The molecule has 1 aliphatic carbocycles. The Hall–Kier alpha value is -2.08. The van der Waals surface area contributed by atoms with E-state index in [4.69, 9.17) is 9.47 Å². The topological polar surface area (TPSA) is 52.4 Å². The zero-order valence-electron chi connectivity index (χ0n) is 14.5. The third-order valence-electron chi connectivity index (χ3n) is 5.11. The summed E-state index contributed by atoms with van der Waals surface area (Å²) in [6, 6.07) is 4.78. The van der Waals surface area contributed by atoms with Crippen molar-refractivity contribution >= 4 is 0 Å². The third kappa shape index (κ3) is 2.75. The number of aromatic nitrogens is 3. The lowest BCUT2D eigenvalue weighted by Gasteiger charge is -2.37. The van der Waals surface area contributed by atoms with Crippen LogP contribution in [0.5, 0.6) is 11.5 Å². The van der Waals surface area contributed by atoms with Crippen LogP contribution in [0.3, 0.4) is 0 Å². The van der Waals surface area contributed by atoms with Crippen LogP contribution in [0.15, 0.2) is 18.3 Å². The first-order valence-electron chi connectivity index (χ1n) is 8.53. The molecule has 0 amide bonds. The molecule has 1 saturated carbocycles. The summed E-state index contributed by atoms with van der Waals surface area (Å²) in [5.74, 6) is 2.38. The fourth-order valence-electron chi connectivity index (χ4n) is 3.84. The summed E-state index contributed by atoms with van der Waals surface area (Å²) >= 11 is 0. The van der Waals surface area contributed by atoms with Gasteiger partial charge in [-0.15, -0.1) is 0 Å². The molecule has 1 fully saturated rings. The van der Waals surface area contributed by atoms with Gasteiger partial charge in [-0.3, -0.25) is 4.90 Å². The second-order valence-electron chi connectivity index (χ2n) is 6.73. The van der Waals surface area contributed by atoms with E-state index >= 15 is 0 Å². The molecule has 1 aromatic heterocycles. The number of rotatable bonds is 5. The lowest BCUT2D eigenvalue weighted by molar-refractivity contribution is 0.153.